The lowest BCUT2D eigenvalue weighted by molar-refractivity contribution is -0.122. The lowest BCUT2D eigenvalue weighted by Gasteiger charge is -2.31. The SMILES string of the molecule is CNC1CCCN(CC(=O)NCCOc2cccc(Cl)c2)C1.Cl. The normalized spacial score (nSPS) is 18.1. The molecule has 2 rings (SSSR count). The molecule has 0 aromatic heterocycles. The topological polar surface area (TPSA) is 53.6 Å². The Morgan fingerprint density at radius 2 is 2.30 bits per heavy atom. The first-order valence-electron chi connectivity index (χ1n) is 7.72. The van der Waals surface area contributed by atoms with Crippen LogP contribution in [0.15, 0.2) is 24.3 Å². The van der Waals surface area contributed by atoms with Gasteiger partial charge in [-0.15, -0.1) is 12.4 Å². The Labute approximate surface area is 149 Å². The summed E-state index contributed by atoms with van der Waals surface area (Å²) in [5.74, 6) is 0.765. The molecule has 1 heterocycles. The van der Waals surface area contributed by atoms with Crippen molar-refractivity contribution in [2.75, 3.05) is 39.8 Å². The lowest BCUT2D eigenvalue weighted by atomic mass is 10.1. The van der Waals surface area contributed by atoms with Crippen LogP contribution in [0.3, 0.4) is 0 Å². The zero-order valence-electron chi connectivity index (χ0n) is 13.4. The number of piperidine rings is 1. The Morgan fingerprint density at radius 1 is 1.48 bits per heavy atom. The summed E-state index contributed by atoms with van der Waals surface area (Å²) in [6.45, 7) is 3.31. The third-order valence-corrected chi connectivity index (χ3v) is 4.01. The third kappa shape index (κ3) is 7.40. The summed E-state index contributed by atoms with van der Waals surface area (Å²) in [4.78, 5) is 14.1. The molecular formula is C16H25Cl2N3O2. The Balaban J connectivity index is 0.00000264. The van der Waals surface area contributed by atoms with E-state index in [9.17, 15) is 4.79 Å². The molecule has 0 radical (unpaired) electrons. The molecule has 0 spiro atoms. The van der Waals surface area contributed by atoms with Crippen LogP contribution >= 0.6 is 24.0 Å². The molecular weight excluding hydrogens is 337 g/mol. The van der Waals surface area contributed by atoms with Gasteiger partial charge in [0, 0.05) is 17.6 Å². The summed E-state index contributed by atoms with van der Waals surface area (Å²) in [5.41, 5.74) is 0. The average molecular weight is 362 g/mol. The molecule has 0 aliphatic carbocycles. The van der Waals surface area contributed by atoms with Gasteiger partial charge in [0.15, 0.2) is 0 Å². The highest BCUT2D eigenvalue weighted by Crippen LogP contribution is 2.16. The first-order chi connectivity index (χ1) is 10.7. The van der Waals surface area contributed by atoms with E-state index in [0.29, 0.717) is 30.8 Å². The molecule has 1 unspecified atom stereocenters. The number of hydrogen-bond donors (Lipinski definition) is 2. The molecule has 1 fully saturated rings. The fraction of sp³-hybridized carbons (Fsp3) is 0.562. The first-order valence-corrected chi connectivity index (χ1v) is 8.10. The molecule has 23 heavy (non-hydrogen) atoms. The van der Waals surface area contributed by atoms with E-state index >= 15 is 0 Å². The van der Waals surface area contributed by atoms with Gasteiger partial charge in [0.05, 0.1) is 13.1 Å². The van der Waals surface area contributed by atoms with Crippen molar-refractivity contribution in [2.45, 2.75) is 18.9 Å². The van der Waals surface area contributed by atoms with Crippen LogP contribution in [0.4, 0.5) is 0 Å². The lowest BCUT2D eigenvalue weighted by Crippen LogP contribution is -2.48. The number of halogens is 2. The smallest absolute Gasteiger partial charge is 0.234 e. The van der Waals surface area contributed by atoms with Crippen molar-refractivity contribution in [3.05, 3.63) is 29.3 Å². The van der Waals surface area contributed by atoms with Gasteiger partial charge >= 0.3 is 0 Å². The molecule has 0 bridgehead atoms. The molecule has 5 nitrogen and oxygen atoms in total. The van der Waals surface area contributed by atoms with Crippen molar-refractivity contribution in [3.63, 3.8) is 0 Å². The van der Waals surface area contributed by atoms with Gasteiger partial charge in [-0.1, -0.05) is 17.7 Å². The van der Waals surface area contributed by atoms with Gasteiger partial charge in [0.1, 0.15) is 12.4 Å². The molecule has 1 aromatic carbocycles. The van der Waals surface area contributed by atoms with Gasteiger partial charge < -0.3 is 15.4 Å². The second kappa shape index (κ2) is 10.7. The standard InChI is InChI=1S/C16H24ClN3O2.ClH/c1-18-14-5-3-8-20(11-14)12-16(21)19-7-9-22-15-6-2-4-13(17)10-15;/h2,4,6,10,14,18H,3,5,7-9,11-12H2,1H3,(H,19,21);1H. The van der Waals surface area contributed by atoms with Gasteiger partial charge in [-0.2, -0.15) is 0 Å². The summed E-state index contributed by atoms with van der Waals surface area (Å²) in [5, 5.41) is 6.81. The Bertz CT molecular complexity index is 488. The van der Waals surface area contributed by atoms with Gasteiger partial charge in [-0.3, -0.25) is 9.69 Å². The summed E-state index contributed by atoms with van der Waals surface area (Å²) < 4.78 is 5.54. The largest absolute Gasteiger partial charge is 0.492 e. The fourth-order valence-electron chi connectivity index (χ4n) is 2.61. The predicted molar refractivity (Wildman–Crippen MR) is 95.7 cm³/mol. The van der Waals surface area contributed by atoms with Gasteiger partial charge in [0.2, 0.25) is 5.91 Å². The molecule has 1 amide bonds. The molecule has 2 N–H and O–H groups in total. The first kappa shape index (κ1) is 20.0. The van der Waals surface area contributed by atoms with Crippen LogP contribution in [0.1, 0.15) is 12.8 Å². The van der Waals surface area contributed by atoms with Crippen LogP contribution in [0.5, 0.6) is 5.75 Å². The predicted octanol–water partition coefficient (Wildman–Crippen LogP) is 1.94. The number of rotatable bonds is 7. The quantitative estimate of drug-likeness (QED) is 0.728. The number of carbonyl (C=O) groups excluding carboxylic acids is 1. The van der Waals surface area contributed by atoms with E-state index < -0.39 is 0 Å². The maximum Gasteiger partial charge on any atom is 0.234 e. The number of likely N-dealkylation sites (tertiary alicyclic amines) is 1. The molecule has 1 saturated heterocycles. The zero-order valence-corrected chi connectivity index (χ0v) is 15.0. The van der Waals surface area contributed by atoms with Crippen molar-refractivity contribution in [1.82, 2.24) is 15.5 Å². The maximum absolute atomic E-state index is 11.9. The number of benzene rings is 1. The fourth-order valence-corrected chi connectivity index (χ4v) is 2.79. The molecule has 0 saturated carbocycles. The van der Waals surface area contributed by atoms with E-state index in [0.717, 1.165) is 25.3 Å². The number of carbonyl (C=O) groups is 1. The highest BCUT2D eigenvalue weighted by Gasteiger charge is 2.19. The molecule has 1 aliphatic rings. The Hall–Kier alpha value is -1.01. The van der Waals surface area contributed by atoms with Gasteiger partial charge in [-0.25, -0.2) is 0 Å². The Kier molecular flexibility index (Phi) is 9.33. The number of nitrogens with one attached hydrogen (secondary N) is 2. The van der Waals surface area contributed by atoms with Crippen LogP contribution in [-0.4, -0.2) is 56.7 Å². The summed E-state index contributed by atoms with van der Waals surface area (Å²) in [6, 6.07) is 7.74. The number of nitrogens with zero attached hydrogens (tertiary/aromatic N) is 1. The van der Waals surface area contributed by atoms with Crippen molar-refractivity contribution >= 4 is 29.9 Å². The summed E-state index contributed by atoms with van der Waals surface area (Å²) >= 11 is 5.88. The van der Waals surface area contributed by atoms with Crippen LogP contribution < -0.4 is 15.4 Å². The van der Waals surface area contributed by atoms with Gasteiger partial charge in [0.25, 0.3) is 0 Å². The molecule has 1 aliphatic heterocycles. The zero-order chi connectivity index (χ0) is 15.8. The van der Waals surface area contributed by atoms with Crippen molar-refractivity contribution in [1.29, 1.82) is 0 Å². The molecule has 130 valence electrons. The van der Waals surface area contributed by atoms with Crippen molar-refractivity contribution < 1.29 is 9.53 Å². The third-order valence-electron chi connectivity index (χ3n) is 3.77. The minimum absolute atomic E-state index is 0. The van der Waals surface area contributed by atoms with E-state index in [1.807, 2.05) is 19.2 Å². The van der Waals surface area contributed by atoms with E-state index in [-0.39, 0.29) is 18.3 Å². The molecule has 7 heteroatoms. The van der Waals surface area contributed by atoms with Gasteiger partial charge in [-0.05, 0) is 44.6 Å². The highest BCUT2D eigenvalue weighted by atomic mass is 35.5. The van der Waals surface area contributed by atoms with E-state index in [1.54, 1.807) is 12.1 Å². The van der Waals surface area contributed by atoms with E-state index in [1.165, 1.54) is 6.42 Å². The molecule has 1 aromatic rings. The van der Waals surface area contributed by atoms with Crippen LogP contribution in [0.25, 0.3) is 0 Å². The number of amides is 1. The number of ether oxygens (including phenoxy) is 1. The van der Waals surface area contributed by atoms with Crippen molar-refractivity contribution in [2.24, 2.45) is 0 Å². The minimum Gasteiger partial charge on any atom is -0.492 e. The second-order valence-corrected chi connectivity index (χ2v) is 5.96. The summed E-state index contributed by atoms with van der Waals surface area (Å²) in [7, 11) is 1.97. The highest BCUT2D eigenvalue weighted by molar-refractivity contribution is 6.30. The Morgan fingerprint density at radius 3 is 3.04 bits per heavy atom. The van der Waals surface area contributed by atoms with Crippen LogP contribution in [0, 0.1) is 0 Å². The number of hydrogen-bond acceptors (Lipinski definition) is 4. The average Bonchev–Trinajstić information content (AvgIpc) is 2.52. The van der Waals surface area contributed by atoms with E-state index in [2.05, 4.69) is 15.5 Å². The van der Waals surface area contributed by atoms with E-state index in [4.69, 9.17) is 16.3 Å². The van der Waals surface area contributed by atoms with Crippen molar-refractivity contribution in [3.8, 4) is 5.75 Å². The van der Waals surface area contributed by atoms with Crippen LogP contribution in [0.2, 0.25) is 5.02 Å². The minimum atomic E-state index is 0. The second-order valence-electron chi connectivity index (χ2n) is 5.52. The summed E-state index contributed by atoms with van der Waals surface area (Å²) in [6.07, 6.45) is 2.32. The number of likely N-dealkylation sites (N-methyl/N-ethyl adjacent to an activating group) is 1. The maximum atomic E-state index is 11.9. The molecule has 1 atom stereocenters. The monoisotopic (exact) mass is 361 g/mol. The van der Waals surface area contributed by atoms with Crippen LogP contribution in [-0.2, 0) is 4.79 Å².